The van der Waals surface area contributed by atoms with Gasteiger partial charge in [0.1, 0.15) is 10.9 Å². The molecule has 1 unspecified atom stereocenters. The fourth-order valence-corrected chi connectivity index (χ4v) is 4.36. The zero-order chi connectivity index (χ0) is 20.4. The summed E-state index contributed by atoms with van der Waals surface area (Å²) in [5.74, 6) is -0.382. The number of benzene rings is 1. The van der Waals surface area contributed by atoms with Gasteiger partial charge in [0.25, 0.3) is 5.56 Å². The lowest BCUT2D eigenvalue weighted by Gasteiger charge is -2.16. The van der Waals surface area contributed by atoms with E-state index in [1.807, 2.05) is 26.8 Å². The van der Waals surface area contributed by atoms with Crippen LogP contribution in [0.2, 0.25) is 0 Å². The van der Waals surface area contributed by atoms with E-state index in [9.17, 15) is 9.59 Å². The van der Waals surface area contributed by atoms with Crippen LogP contribution in [-0.2, 0) is 9.53 Å². The molecule has 0 saturated carbocycles. The van der Waals surface area contributed by atoms with Crippen molar-refractivity contribution in [3.63, 3.8) is 0 Å². The van der Waals surface area contributed by atoms with Crippen LogP contribution in [0.5, 0.6) is 0 Å². The van der Waals surface area contributed by atoms with Crippen LogP contribution in [0.3, 0.4) is 0 Å². The van der Waals surface area contributed by atoms with E-state index in [0.717, 1.165) is 22.4 Å². The van der Waals surface area contributed by atoms with Crippen molar-refractivity contribution in [2.45, 2.75) is 53.5 Å². The third-order valence-electron chi connectivity index (χ3n) is 5.05. The molecule has 0 spiro atoms. The van der Waals surface area contributed by atoms with Crippen LogP contribution in [0.1, 0.15) is 48.7 Å². The average Bonchev–Trinajstić information content (AvgIpc) is 3.01. The number of rotatable bonds is 6. The van der Waals surface area contributed by atoms with Gasteiger partial charge in [-0.15, -0.1) is 11.3 Å². The number of hydrogen-bond acceptors (Lipinski definition) is 5. The maximum absolute atomic E-state index is 13.4. The van der Waals surface area contributed by atoms with Crippen LogP contribution in [0, 0.1) is 20.8 Å². The van der Waals surface area contributed by atoms with Gasteiger partial charge in [0.15, 0.2) is 0 Å². The van der Waals surface area contributed by atoms with Crippen molar-refractivity contribution in [2.75, 3.05) is 6.61 Å². The lowest BCUT2D eigenvalue weighted by Crippen LogP contribution is -2.31. The molecule has 3 rings (SSSR count). The van der Waals surface area contributed by atoms with E-state index in [4.69, 9.17) is 4.74 Å². The Labute approximate surface area is 169 Å². The maximum atomic E-state index is 13.4. The summed E-state index contributed by atoms with van der Waals surface area (Å²) < 4.78 is 6.72. The Balaban J connectivity index is 2.19. The fourth-order valence-electron chi connectivity index (χ4n) is 3.36. The SMILES string of the molecule is CCCOC(=O)C(CC)n1cnc2sc(C)c(-c3ccc(C)c(C)c3)c2c1=O. The first kappa shape index (κ1) is 20.3. The molecule has 2 heterocycles. The van der Waals surface area contributed by atoms with Crippen LogP contribution in [0.4, 0.5) is 0 Å². The molecule has 0 aliphatic rings. The molecule has 0 amide bonds. The van der Waals surface area contributed by atoms with Crippen LogP contribution in [0.25, 0.3) is 21.3 Å². The van der Waals surface area contributed by atoms with Gasteiger partial charge in [-0.25, -0.2) is 9.78 Å². The highest BCUT2D eigenvalue weighted by atomic mass is 32.1. The van der Waals surface area contributed by atoms with Crippen molar-refractivity contribution in [2.24, 2.45) is 0 Å². The largest absolute Gasteiger partial charge is 0.464 e. The van der Waals surface area contributed by atoms with Crippen LogP contribution in [0.15, 0.2) is 29.3 Å². The van der Waals surface area contributed by atoms with Gasteiger partial charge in [-0.05, 0) is 50.3 Å². The van der Waals surface area contributed by atoms with Gasteiger partial charge in [-0.1, -0.05) is 32.0 Å². The van der Waals surface area contributed by atoms with Crippen molar-refractivity contribution in [3.05, 3.63) is 50.9 Å². The zero-order valence-electron chi connectivity index (χ0n) is 17.0. The standard InChI is InChI=1S/C22H26N2O3S/c1-6-10-27-22(26)17(7-2)24-12-23-20-19(21(24)25)18(15(5)28-20)16-9-8-13(3)14(4)11-16/h8-9,11-12,17H,6-7,10H2,1-5H3. The minimum atomic E-state index is -0.663. The molecule has 5 nitrogen and oxygen atoms in total. The van der Waals surface area contributed by atoms with Crippen LogP contribution >= 0.6 is 11.3 Å². The Bertz CT molecular complexity index is 1080. The normalized spacial score (nSPS) is 12.3. The first-order chi connectivity index (χ1) is 13.4. The van der Waals surface area contributed by atoms with Crippen molar-refractivity contribution in [3.8, 4) is 11.1 Å². The van der Waals surface area contributed by atoms with E-state index < -0.39 is 6.04 Å². The van der Waals surface area contributed by atoms with Gasteiger partial charge in [0, 0.05) is 10.4 Å². The Morgan fingerprint density at radius 2 is 1.96 bits per heavy atom. The van der Waals surface area contributed by atoms with E-state index in [0.29, 0.717) is 23.2 Å². The summed E-state index contributed by atoms with van der Waals surface area (Å²) in [4.78, 5) is 32.1. The van der Waals surface area contributed by atoms with Gasteiger partial charge in [0.05, 0.1) is 18.3 Å². The quantitative estimate of drug-likeness (QED) is 0.551. The smallest absolute Gasteiger partial charge is 0.329 e. The van der Waals surface area contributed by atoms with Crippen molar-refractivity contribution >= 4 is 27.5 Å². The van der Waals surface area contributed by atoms with Crippen molar-refractivity contribution < 1.29 is 9.53 Å². The molecule has 6 heteroatoms. The molecular weight excluding hydrogens is 372 g/mol. The number of nitrogens with zero attached hydrogens (tertiary/aromatic N) is 2. The number of hydrogen-bond donors (Lipinski definition) is 0. The molecule has 1 aromatic carbocycles. The summed E-state index contributed by atoms with van der Waals surface area (Å²) in [7, 11) is 0. The fraction of sp³-hybridized carbons (Fsp3) is 0.409. The predicted octanol–water partition coefficient (Wildman–Crippen LogP) is 4.95. The molecule has 28 heavy (non-hydrogen) atoms. The lowest BCUT2D eigenvalue weighted by atomic mass is 9.99. The average molecular weight is 399 g/mol. The molecule has 0 radical (unpaired) electrons. The minimum Gasteiger partial charge on any atom is -0.464 e. The van der Waals surface area contributed by atoms with E-state index in [-0.39, 0.29) is 11.5 Å². The molecule has 0 N–H and O–H groups in total. The number of aromatic nitrogens is 2. The second kappa shape index (κ2) is 8.27. The molecule has 3 aromatic rings. The highest BCUT2D eigenvalue weighted by molar-refractivity contribution is 7.19. The molecule has 148 valence electrons. The highest BCUT2D eigenvalue weighted by Crippen LogP contribution is 2.36. The van der Waals surface area contributed by atoms with Gasteiger partial charge in [-0.3, -0.25) is 9.36 Å². The van der Waals surface area contributed by atoms with Crippen molar-refractivity contribution in [1.82, 2.24) is 9.55 Å². The second-order valence-corrected chi connectivity index (χ2v) is 8.26. The number of carbonyl (C=O) groups excluding carboxylic acids is 1. The van der Waals surface area contributed by atoms with E-state index in [2.05, 4.69) is 31.0 Å². The Morgan fingerprint density at radius 1 is 1.21 bits per heavy atom. The number of carbonyl (C=O) groups is 1. The summed E-state index contributed by atoms with van der Waals surface area (Å²) in [5.41, 5.74) is 4.11. The van der Waals surface area contributed by atoms with Gasteiger partial charge < -0.3 is 4.74 Å². The van der Waals surface area contributed by atoms with Crippen LogP contribution in [-0.4, -0.2) is 22.1 Å². The second-order valence-electron chi connectivity index (χ2n) is 7.06. The molecular formula is C22H26N2O3S. The number of esters is 1. The number of thiophene rings is 1. The first-order valence-electron chi connectivity index (χ1n) is 9.63. The van der Waals surface area contributed by atoms with Gasteiger partial charge in [-0.2, -0.15) is 0 Å². The van der Waals surface area contributed by atoms with Crippen LogP contribution < -0.4 is 5.56 Å². The van der Waals surface area contributed by atoms with Gasteiger partial charge >= 0.3 is 5.97 Å². The maximum Gasteiger partial charge on any atom is 0.329 e. The molecule has 1 atom stereocenters. The molecule has 0 aliphatic carbocycles. The predicted molar refractivity (Wildman–Crippen MR) is 114 cm³/mol. The summed E-state index contributed by atoms with van der Waals surface area (Å²) in [6, 6.07) is 5.55. The van der Waals surface area contributed by atoms with E-state index in [1.54, 1.807) is 0 Å². The summed E-state index contributed by atoms with van der Waals surface area (Å²) in [6.07, 6.45) is 2.69. The molecule has 0 saturated heterocycles. The number of ether oxygens (including phenoxy) is 1. The molecule has 0 bridgehead atoms. The van der Waals surface area contributed by atoms with Crippen molar-refractivity contribution in [1.29, 1.82) is 0 Å². The van der Waals surface area contributed by atoms with Gasteiger partial charge in [0.2, 0.25) is 0 Å². The first-order valence-corrected chi connectivity index (χ1v) is 10.4. The minimum absolute atomic E-state index is 0.192. The number of aryl methyl sites for hydroxylation is 3. The Morgan fingerprint density at radius 3 is 2.61 bits per heavy atom. The third kappa shape index (κ3) is 3.61. The van der Waals surface area contributed by atoms with E-state index in [1.165, 1.54) is 33.4 Å². The molecule has 0 fully saturated rings. The summed E-state index contributed by atoms with van der Waals surface area (Å²) in [6.45, 7) is 10.3. The lowest BCUT2D eigenvalue weighted by molar-refractivity contribution is -0.147. The third-order valence-corrected chi connectivity index (χ3v) is 6.07. The number of fused-ring (bicyclic) bond motifs is 1. The summed E-state index contributed by atoms with van der Waals surface area (Å²) >= 11 is 1.51. The Hall–Kier alpha value is -2.47. The van der Waals surface area contributed by atoms with E-state index >= 15 is 0 Å². The molecule has 0 aliphatic heterocycles. The molecule has 2 aromatic heterocycles. The highest BCUT2D eigenvalue weighted by Gasteiger charge is 2.24. The topological polar surface area (TPSA) is 61.2 Å². The summed E-state index contributed by atoms with van der Waals surface area (Å²) in [5, 5.41) is 0.579. The Kier molecular flexibility index (Phi) is 5.98. The zero-order valence-corrected chi connectivity index (χ0v) is 17.9. The monoisotopic (exact) mass is 398 g/mol.